The summed E-state index contributed by atoms with van der Waals surface area (Å²) < 4.78 is 31.3. The second kappa shape index (κ2) is 8.56. The molecular weight excluding hydrogens is 328 g/mol. The van der Waals surface area contributed by atoms with Crippen molar-refractivity contribution < 1.29 is 28.0 Å². The highest BCUT2D eigenvalue weighted by Crippen LogP contribution is 2.16. The minimum atomic E-state index is -3.91. The number of sulfonamides is 1. The largest absolute Gasteiger partial charge is 0.466 e. The molecule has 0 heterocycles. The van der Waals surface area contributed by atoms with E-state index in [4.69, 9.17) is 4.74 Å². The number of ether oxygens (including phenoxy) is 1. The van der Waals surface area contributed by atoms with Crippen LogP contribution in [0.15, 0.2) is 29.2 Å². The van der Waals surface area contributed by atoms with Gasteiger partial charge in [0.1, 0.15) is 0 Å². The zero-order valence-electron chi connectivity index (χ0n) is 12.5. The first kappa shape index (κ1) is 19.0. The van der Waals surface area contributed by atoms with Crippen molar-refractivity contribution in [1.29, 1.82) is 0 Å². The number of aliphatic hydroxyl groups is 1. The number of hydrogen-bond acceptors (Lipinski definition) is 7. The van der Waals surface area contributed by atoms with Crippen molar-refractivity contribution in [3.8, 4) is 0 Å². The molecule has 9 nitrogen and oxygen atoms in total. The number of esters is 1. The Kier molecular flexibility index (Phi) is 7.07. The van der Waals surface area contributed by atoms with Crippen LogP contribution in [0, 0.1) is 10.1 Å². The number of benzene rings is 1. The highest BCUT2D eigenvalue weighted by molar-refractivity contribution is 7.89. The van der Waals surface area contributed by atoms with Crippen LogP contribution in [0.4, 0.5) is 5.69 Å². The van der Waals surface area contributed by atoms with Gasteiger partial charge in [0.05, 0.1) is 23.0 Å². The van der Waals surface area contributed by atoms with Crippen LogP contribution in [0.2, 0.25) is 0 Å². The van der Waals surface area contributed by atoms with Gasteiger partial charge in [-0.2, -0.15) is 0 Å². The Bertz CT molecular complexity index is 643. The van der Waals surface area contributed by atoms with Gasteiger partial charge in [-0.1, -0.05) is 0 Å². The Balaban J connectivity index is 2.67. The van der Waals surface area contributed by atoms with Crippen LogP contribution in [0.3, 0.4) is 0 Å². The summed E-state index contributed by atoms with van der Waals surface area (Å²) in [6.07, 6.45) is 0.656. The average Bonchev–Trinajstić information content (AvgIpc) is 2.50. The lowest BCUT2D eigenvalue weighted by Gasteiger charge is -2.16. The van der Waals surface area contributed by atoms with Crippen LogP contribution < -0.4 is 4.72 Å². The van der Waals surface area contributed by atoms with E-state index in [0.717, 1.165) is 24.3 Å². The molecule has 0 radical (unpaired) electrons. The number of nitrogens with zero attached hydrogens (tertiary/aromatic N) is 1. The van der Waals surface area contributed by atoms with E-state index in [0.29, 0.717) is 6.42 Å². The molecule has 0 unspecified atom stereocenters. The maximum atomic E-state index is 12.1. The number of rotatable bonds is 9. The first-order valence-corrected chi connectivity index (χ1v) is 8.25. The summed E-state index contributed by atoms with van der Waals surface area (Å²) in [6, 6.07) is 3.67. The summed E-state index contributed by atoms with van der Waals surface area (Å²) in [5, 5.41) is 19.8. The minimum absolute atomic E-state index is 0.130. The number of carbonyl (C=O) groups is 1. The van der Waals surface area contributed by atoms with Crippen molar-refractivity contribution in [2.75, 3.05) is 13.2 Å². The van der Waals surface area contributed by atoms with Gasteiger partial charge >= 0.3 is 5.97 Å². The Morgan fingerprint density at radius 1 is 1.39 bits per heavy atom. The summed E-state index contributed by atoms with van der Waals surface area (Å²) in [5.41, 5.74) is -0.218. The number of nitro benzene ring substituents is 1. The third-order valence-electron chi connectivity index (χ3n) is 2.90. The number of carbonyl (C=O) groups excluding carboxylic acids is 1. The quantitative estimate of drug-likeness (QED) is 0.289. The van der Waals surface area contributed by atoms with Crippen LogP contribution in [-0.2, 0) is 19.6 Å². The molecule has 1 rings (SSSR count). The first-order valence-electron chi connectivity index (χ1n) is 6.77. The van der Waals surface area contributed by atoms with E-state index in [-0.39, 0.29) is 23.6 Å². The molecule has 1 aromatic rings. The van der Waals surface area contributed by atoms with Gasteiger partial charge in [0, 0.05) is 25.1 Å². The van der Waals surface area contributed by atoms with Crippen molar-refractivity contribution in [1.82, 2.24) is 4.72 Å². The van der Waals surface area contributed by atoms with Gasteiger partial charge in [-0.3, -0.25) is 14.9 Å². The van der Waals surface area contributed by atoms with Gasteiger partial charge in [-0.05, 0) is 25.0 Å². The summed E-state index contributed by atoms with van der Waals surface area (Å²) in [6.45, 7) is 0.970. The van der Waals surface area contributed by atoms with Crippen LogP contribution in [0.25, 0.3) is 0 Å². The van der Waals surface area contributed by atoms with Gasteiger partial charge in [0.2, 0.25) is 10.0 Å². The molecule has 0 amide bonds. The Hall–Kier alpha value is -2.04. The highest BCUT2D eigenvalue weighted by Gasteiger charge is 2.20. The number of nitro groups is 1. The standard InChI is InChI=1S/C13H18N2O7S/c1-10(17)22-8-2-3-11(9-16)14-23(20,21)13-6-4-12(5-7-13)15(18)19/h4-7,11,14,16H,2-3,8-9H2,1H3/t11-/m1/s1. The van der Waals surface area contributed by atoms with Gasteiger partial charge in [-0.15, -0.1) is 0 Å². The van der Waals surface area contributed by atoms with E-state index < -0.39 is 33.6 Å². The zero-order chi connectivity index (χ0) is 17.5. The van der Waals surface area contributed by atoms with Gasteiger partial charge < -0.3 is 9.84 Å². The summed E-state index contributed by atoms with van der Waals surface area (Å²) in [7, 11) is -3.91. The van der Waals surface area contributed by atoms with Crippen molar-refractivity contribution in [3.05, 3.63) is 34.4 Å². The molecule has 10 heteroatoms. The van der Waals surface area contributed by atoms with Crippen molar-refractivity contribution >= 4 is 21.7 Å². The fourth-order valence-electron chi connectivity index (χ4n) is 1.77. The molecule has 128 valence electrons. The normalized spacial score (nSPS) is 12.6. The number of hydrogen-bond donors (Lipinski definition) is 2. The summed E-state index contributed by atoms with van der Waals surface area (Å²) in [5.74, 6) is -0.433. The van der Waals surface area contributed by atoms with Crippen molar-refractivity contribution in [3.63, 3.8) is 0 Å². The van der Waals surface area contributed by atoms with E-state index >= 15 is 0 Å². The molecule has 0 aliphatic rings. The molecule has 0 bridgehead atoms. The molecule has 0 fully saturated rings. The van der Waals surface area contributed by atoms with Crippen LogP contribution >= 0.6 is 0 Å². The van der Waals surface area contributed by atoms with Crippen molar-refractivity contribution in [2.24, 2.45) is 0 Å². The van der Waals surface area contributed by atoms with E-state index in [2.05, 4.69) is 4.72 Å². The molecule has 1 atom stereocenters. The Morgan fingerprint density at radius 2 is 2.00 bits per heavy atom. The third kappa shape index (κ3) is 6.30. The predicted molar refractivity (Wildman–Crippen MR) is 80.2 cm³/mol. The Labute approximate surface area is 133 Å². The molecule has 0 aliphatic heterocycles. The zero-order valence-corrected chi connectivity index (χ0v) is 13.3. The molecule has 0 aromatic heterocycles. The maximum Gasteiger partial charge on any atom is 0.302 e. The Morgan fingerprint density at radius 3 is 2.48 bits per heavy atom. The monoisotopic (exact) mass is 346 g/mol. The molecule has 0 saturated heterocycles. The molecule has 23 heavy (non-hydrogen) atoms. The predicted octanol–water partition coefficient (Wildman–Crippen LogP) is 0.577. The second-order valence-electron chi connectivity index (χ2n) is 4.73. The van der Waals surface area contributed by atoms with E-state index in [1.165, 1.54) is 6.92 Å². The minimum Gasteiger partial charge on any atom is -0.466 e. The highest BCUT2D eigenvalue weighted by atomic mass is 32.2. The fourth-order valence-corrected chi connectivity index (χ4v) is 3.03. The molecule has 0 spiro atoms. The number of nitrogens with one attached hydrogen (secondary N) is 1. The van der Waals surface area contributed by atoms with Gasteiger partial charge in [-0.25, -0.2) is 13.1 Å². The van der Waals surface area contributed by atoms with Crippen LogP contribution in [-0.4, -0.2) is 43.7 Å². The summed E-state index contributed by atoms with van der Waals surface area (Å²) >= 11 is 0. The molecule has 0 aliphatic carbocycles. The smallest absolute Gasteiger partial charge is 0.302 e. The van der Waals surface area contributed by atoms with Gasteiger partial charge in [0.15, 0.2) is 0 Å². The molecule has 1 aromatic carbocycles. The molecule has 2 N–H and O–H groups in total. The lowest BCUT2D eigenvalue weighted by Crippen LogP contribution is -2.37. The van der Waals surface area contributed by atoms with Gasteiger partial charge in [0.25, 0.3) is 5.69 Å². The lowest BCUT2D eigenvalue weighted by atomic mass is 10.2. The third-order valence-corrected chi connectivity index (χ3v) is 4.44. The SMILES string of the molecule is CC(=O)OCCC[C@H](CO)NS(=O)(=O)c1ccc([N+](=O)[O-])cc1. The second-order valence-corrected chi connectivity index (χ2v) is 6.45. The van der Waals surface area contributed by atoms with Crippen LogP contribution in [0.5, 0.6) is 0 Å². The average molecular weight is 346 g/mol. The topological polar surface area (TPSA) is 136 Å². The van der Waals surface area contributed by atoms with E-state index in [1.807, 2.05) is 0 Å². The van der Waals surface area contributed by atoms with E-state index in [1.54, 1.807) is 0 Å². The van der Waals surface area contributed by atoms with Crippen molar-refractivity contribution in [2.45, 2.75) is 30.7 Å². The number of non-ortho nitro benzene ring substituents is 1. The van der Waals surface area contributed by atoms with Crippen LogP contribution in [0.1, 0.15) is 19.8 Å². The lowest BCUT2D eigenvalue weighted by molar-refractivity contribution is -0.384. The first-order chi connectivity index (χ1) is 10.8. The fraction of sp³-hybridized carbons (Fsp3) is 0.462. The summed E-state index contributed by atoms with van der Waals surface area (Å²) in [4.78, 5) is 20.4. The number of aliphatic hydroxyl groups excluding tert-OH is 1. The molecular formula is C13H18N2O7S. The van der Waals surface area contributed by atoms with E-state index in [9.17, 15) is 28.4 Å². The maximum absolute atomic E-state index is 12.1. The molecule has 0 saturated carbocycles.